The van der Waals surface area contributed by atoms with Crippen molar-refractivity contribution in [2.24, 2.45) is 0 Å². The normalized spacial score (nSPS) is 46.4. The number of methoxy groups -OCH3 is 1. The summed E-state index contributed by atoms with van der Waals surface area (Å²) in [6.07, 6.45) is -1.55. The van der Waals surface area contributed by atoms with E-state index in [4.69, 9.17) is 9.47 Å². The molecule has 0 radical (unpaired) electrons. The van der Waals surface area contributed by atoms with Crippen LogP contribution in [0.15, 0.2) is 0 Å². The number of aliphatic hydroxyl groups excluding tert-OH is 2. The Morgan fingerprint density at radius 3 is 2.46 bits per heavy atom. The molecular formula is C8H15O4Re. The first kappa shape index (κ1) is 11.6. The molecule has 78 valence electrons. The van der Waals surface area contributed by atoms with E-state index in [0.717, 1.165) is 0 Å². The first-order valence-corrected chi connectivity index (χ1v) is 5.87. The van der Waals surface area contributed by atoms with E-state index in [2.05, 4.69) is 0 Å². The van der Waals surface area contributed by atoms with E-state index in [1.807, 2.05) is 6.92 Å². The molecule has 1 rings (SSSR count). The third-order valence-corrected chi connectivity index (χ3v) is 3.93. The average molecular weight is 361 g/mol. The standard InChI is InChI=1S/C8H15O4.Re/c1-3-6-8(10)5(9)4-7(11-2)12-6;/h4-10H,3H2,1-2H3;. The molecule has 2 N–H and O–H groups in total. The molecule has 13 heavy (non-hydrogen) atoms. The van der Waals surface area contributed by atoms with E-state index >= 15 is 0 Å². The van der Waals surface area contributed by atoms with E-state index in [0.29, 0.717) is 6.42 Å². The first-order valence-electron chi connectivity index (χ1n) is 4.30. The zero-order valence-electron chi connectivity index (χ0n) is 7.68. The van der Waals surface area contributed by atoms with Crippen LogP contribution in [0.2, 0.25) is 4.39 Å². The third kappa shape index (κ3) is 2.30. The Morgan fingerprint density at radius 1 is 1.38 bits per heavy atom. The molecule has 0 amide bonds. The minimum atomic E-state index is -0.786. The fourth-order valence-electron chi connectivity index (χ4n) is 1.42. The number of rotatable bonds is 2. The molecule has 1 saturated heterocycles. The molecule has 5 heteroatoms. The van der Waals surface area contributed by atoms with Crippen molar-refractivity contribution in [3.05, 3.63) is 0 Å². The number of aliphatic hydroxyl groups is 2. The minimum absolute atomic E-state index is 0.136. The molecule has 0 saturated carbocycles. The summed E-state index contributed by atoms with van der Waals surface area (Å²) in [4.78, 5) is 0. The SMILES string of the molecule is CCC1OC(OC)[CH]([Re])C(O)C1O. The van der Waals surface area contributed by atoms with E-state index < -0.39 is 12.2 Å². The summed E-state index contributed by atoms with van der Waals surface area (Å²) in [7, 11) is 1.55. The van der Waals surface area contributed by atoms with E-state index in [9.17, 15) is 10.2 Å². The molecule has 5 atom stereocenters. The van der Waals surface area contributed by atoms with Crippen LogP contribution in [0.4, 0.5) is 0 Å². The quantitative estimate of drug-likeness (QED) is 0.717. The van der Waals surface area contributed by atoms with Crippen LogP contribution in [0.25, 0.3) is 0 Å². The molecule has 0 spiro atoms. The van der Waals surface area contributed by atoms with Gasteiger partial charge in [-0.3, -0.25) is 0 Å². The van der Waals surface area contributed by atoms with E-state index in [-0.39, 0.29) is 16.8 Å². The second-order valence-corrected chi connectivity index (χ2v) is 4.92. The molecule has 0 aromatic carbocycles. The van der Waals surface area contributed by atoms with Crippen LogP contribution in [-0.2, 0) is 28.7 Å². The van der Waals surface area contributed by atoms with Gasteiger partial charge in [0.2, 0.25) is 0 Å². The Balaban J connectivity index is 2.66. The Hall–Kier alpha value is 0.502. The molecule has 0 bridgehead atoms. The van der Waals surface area contributed by atoms with Crippen molar-refractivity contribution < 1.29 is 38.9 Å². The predicted octanol–water partition coefficient (Wildman–Crippen LogP) is -0.175. The van der Waals surface area contributed by atoms with Gasteiger partial charge < -0.3 is 0 Å². The average Bonchev–Trinajstić information content (AvgIpc) is 2.15. The summed E-state index contributed by atoms with van der Waals surface area (Å²) in [5.74, 6) is 0. The first-order chi connectivity index (χ1) is 6.11. The van der Waals surface area contributed by atoms with E-state index in [1.54, 1.807) is 7.11 Å². The van der Waals surface area contributed by atoms with Crippen molar-refractivity contribution in [1.29, 1.82) is 0 Å². The molecule has 0 aliphatic carbocycles. The van der Waals surface area contributed by atoms with Crippen LogP contribution in [0.3, 0.4) is 0 Å². The maximum atomic E-state index is 9.65. The van der Waals surface area contributed by atoms with Crippen molar-refractivity contribution in [3.63, 3.8) is 0 Å². The number of ether oxygens (including phenoxy) is 2. The van der Waals surface area contributed by atoms with Gasteiger partial charge in [0, 0.05) is 0 Å². The van der Waals surface area contributed by atoms with Crippen LogP contribution in [0.1, 0.15) is 13.3 Å². The molecule has 1 aliphatic heterocycles. The Kier molecular flexibility index (Phi) is 4.30. The second kappa shape index (κ2) is 4.83. The molecule has 4 nitrogen and oxygen atoms in total. The van der Waals surface area contributed by atoms with Crippen molar-refractivity contribution in [1.82, 2.24) is 0 Å². The summed E-state index contributed by atoms with van der Waals surface area (Å²) in [5.41, 5.74) is 0. The van der Waals surface area contributed by atoms with Gasteiger partial charge in [-0.2, -0.15) is 0 Å². The van der Waals surface area contributed by atoms with Gasteiger partial charge in [0.1, 0.15) is 0 Å². The van der Waals surface area contributed by atoms with Crippen molar-refractivity contribution in [2.75, 3.05) is 7.11 Å². The molecule has 0 aromatic rings. The molecule has 1 heterocycles. The van der Waals surface area contributed by atoms with Crippen molar-refractivity contribution in [3.8, 4) is 0 Å². The van der Waals surface area contributed by atoms with Crippen LogP contribution >= 0.6 is 0 Å². The van der Waals surface area contributed by atoms with Gasteiger partial charge in [0.25, 0.3) is 0 Å². The van der Waals surface area contributed by atoms with Crippen LogP contribution in [0.5, 0.6) is 0 Å². The summed E-state index contributed by atoms with van der Waals surface area (Å²) in [5, 5.41) is 19.3. The van der Waals surface area contributed by atoms with E-state index in [1.165, 1.54) is 19.2 Å². The van der Waals surface area contributed by atoms with Gasteiger partial charge in [-0.05, 0) is 0 Å². The van der Waals surface area contributed by atoms with Gasteiger partial charge in [0.15, 0.2) is 0 Å². The summed E-state index contributed by atoms with van der Waals surface area (Å²) in [6.45, 7) is 1.91. The van der Waals surface area contributed by atoms with Gasteiger partial charge >= 0.3 is 88.3 Å². The Labute approximate surface area is 88.6 Å². The summed E-state index contributed by atoms with van der Waals surface area (Å²) < 4.78 is 10.4. The predicted molar refractivity (Wildman–Crippen MR) is 41.7 cm³/mol. The fraction of sp³-hybridized carbons (Fsp3) is 1.00. The van der Waals surface area contributed by atoms with Gasteiger partial charge in [0.05, 0.1) is 0 Å². The van der Waals surface area contributed by atoms with Crippen molar-refractivity contribution >= 4 is 0 Å². The van der Waals surface area contributed by atoms with Gasteiger partial charge in [-0.1, -0.05) is 0 Å². The maximum absolute atomic E-state index is 9.65. The second-order valence-electron chi connectivity index (χ2n) is 3.11. The zero-order chi connectivity index (χ0) is 10.0. The fourth-order valence-corrected chi connectivity index (χ4v) is 2.54. The van der Waals surface area contributed by atoms with Crippen LogP contribution in [-0.4, -0.2) is 41.9 Å². The van der Waals surface area contributed by atoms with Crippen LogP contribution in [0, 0.1) is 0 Å². The molecular weight excluding hydrogens is 346 g/mol. The molecule has 1 aliphatic rings. The number of hydrogen-bond donors (Lipinski definition) is 2. The Bertz CT molecular complexity index is 146. The molecule has 0 aromatic heterocycles. The van der Waals surface area contributed by atoms with Gasteiger partial charge in [-0.25, -0.2) is 0 Å². The van der Waals surface area contributed by atoms with Gasteiger partial charge in [-0.15, -0.1) is 0 Å². The summed E-state index contributed by atoms with van der Waals surface area (Å²) >= 11 is 1.38. The van der Waals surface area contributed by atoms with Crippen LogP contribution < -0.4 is 0 Å². The number of hydrogen-bond acceptors (Lipinski definition) is 4. The van der Waals surface area contributed by atoms with Crippen molar-refractivity contribution in [2.45, 2.75) is 42.3 Å². The summed E-state index contributed by atoms with van der Waals surface area (Å²) in [6, 6.07) is 0. The Morgan fingerprint density at radius 2 is 2.00 bits per heavy atom. The molecule has 1 fully saturated rings. The monoisotopic (exact) mass is 362 g/mol. The molecule has 5 unspecified atom stereocenters. The third-order valence-electron chi connectivity index (χ3n) is 2.26. The topological polar surface area (TPSA) is 58.9 Å². The zero-order valence-corrected chi connectivity index (χ0v) is 10.4.